The van der Waals surface area contributed by atoms with Crippen molar-refractivity contribution in [3.8, 4) is 0 Å². The van der Waals surface area contributed by atoms with Crippen LogP contribution in [-0.4, -0.2) is 27.7 Å². The third kappa shape index (κ3) is 1.11. The second-order valence-corrected chi connectivity index (χ2v) is 1.65. The lowest BCUT2D eigenvalue weighted by Gasteiger charge is -2.14. The first-order chi connectivity index (χ1) is 4.72. The van der Waals surface area contributed by atoms with Crippen LogP contribution in [0.2, 0.25) is 0 Å². The summed E-state index contributed by atoms with van der Waals surface area (Å²) in [5.74, 6) is 0. The van der Waals surface area contributed by atoms with Gasteiger partial charge in [0.1, 0.15) is 0 Å². The van der Waals surface area contributed by atoms with Gasteiger partial charge in [0.15, 0.2) is 0 Å². The van der Waals surface area contributed by atoms with E-state index in [1.54, 1.807) is 0 Å². The molecule has 0 bridgehead atoms. The van der Waals surface area contributed by atoms with E-state index in [0.29, 0.717) is 5.06 Å². The summed E-state index contributed by atoms with van der Waals surface area (Å²) in [4.78, 5) is 12.7. The zero-order chi connectivity index (χ0) is 7.56. The molecule has 1 aliphatic heterocycles. The molecule has 1 heterocycles. The molecular formula is C4H5N3O3. The van der Waals surface area contributed by atoms with Crippen LogP contribution in [-0.2, 0) is 0 Å². The van der Waals surface area contributed by atoms with Gasteiger partial charge in [0.05, 0.1) is 4.92 Å². The van der Waals surface area contributed by atoms with Gasteiger partial charge < -0.3 is 0 Å². The van der Waals surface area contributed by atoms with Crippen LogP contribution >= 0.6 is 0 Å². The van der Waals surface area contributed by atoms with E-state index in [0.717, 1.165) is 0 Å². The molecule has 1 rings (SSSR count). The fourth-order valence-corrected chi connectivity index (χ4v) is 0.550. The monoisotopic (exact) mass is 143 g/mol. The lowest BCUT2D eigenvalue weighted by Crippen LogP contribution is -2.34. The Kier molecular flexibility index (Phi) is 1.63. The fraction of sp³-hybridized carbons (Fsp3) is 0.250. The molecule has 10 heavy (non-hydrogen) atoms. The Bertz CT molecular complexity index is 200. The van der Waals surface area contributed by atoms with E-state index in [9.17, 15) is 10.1 Å². The summed E-state index contributed by atoms with van der Waals surface area (Å²) >= 11 is 0. The molecule has 0 spiro atoms. The van der Waals surface area contributed by atoms with Crippen LogP contribution in [0.4, 0.5) is 0 Å². The van der Waals surface area contributed by atoms with E-state index in [2.05, 4.69) is 4.99 Å². The van der Waals surface area contributed by atoms with Crippen LogP contribution in [0.15, 0.2) is 17.3 Å². The first-order valence-electron chi connectivity index (χ1n) is 2.52. The molecule has 0 aromatic carbocycles. The maximum Gasteiger partial charge on any atom is 0.406 e. The summed E-state index contributed by atoms with van der Waals surface area (Å²) in [5, 5.41) is 19.2. The average molecular weight is 143 g/mol. The highest BCUT2D eigenvalue weighted by molar-refractivity contribution is 5.71. The number of nitro groups is 1. The molecule has 54 valence electrons. The highest BCUT2D eigenvalue weighted by Gasteiger charge is 2.24. The quantitative estimate of drug-likeness (QED) is 0.408. The highest BCUT2D eigenvalue weighted by Crippen LogP contribution is 2.02. The third-order valence-corrected chi connectivity index (χ3v) is 0.969. The van der Waals surface area contributed by atoms with Gasteiger partial charge in [0, 0.05) is 12.4 Å². The first kappa shape index (κ1) is 6.69. The van der Waals surface area contributed by atoms with Gasteiger partial charge in [0.25, 0.3) is 0 Å². The Hall–Kier alpha value is -1.43. The highest BCUT2D eigenvalue weighted by atomic mass is 16.6. The van der Waals surface area contributed by atoms with Crippen molar-refractivity contribution < 1.29 is 10.1 Å². The Labute approximate surface area is 56.2 Å². The van der Waals surface area contributed by atoms with E-state index in [1.165, 1.54) is 18.5 Å². The van der Waals surface area contributed by atoms with E-state index in [4.69, 9.17) is 5.21 Å². The number of rotatable bonds is 1. The molecule has 6 heteroatoms. The standard InChI is InChI=1S/C4H5N3O3/c8-6-3-1-2-5-4(6)7(9)10/h1-4,8H. The zero-order valence-electron chi connectivity index (χ0n) is 4.91. The summed E-state index contributed by atoms with van der Waals surface area (Å²) in [6.45, 7) is 0. The summed E-state index contributed by atoms with van der Waals surface area (Å²) in [6.07, 6.45) is 2.45. The van der Waals surface area contributed by atoms with E-state index in [1.807, 2.05) is 0 Å². The van der Waals surface area contributed by atoms with E-state index >= 15 is 0 Å². The normalized spacial score (nSPS) is 23.3. The molecule has 1 N–H and O–H groups in total. The number of aliphatic imine (C=N–C) groups is 1. The van der Waals surface area contributed by atoms with E-state index in [-0.39, 0.29) is 0 Å². The predicted octanol–water partition coefficient (Wildman–Crippen LogP) is -0.164. The van der Waals surface area contributed by atoms with Crippen molar-refractivity contribution >= 4 is 6.21 Å². The number of hydrogen-bond donors (Lipinski definition) is 1. The maximum atomic E-state index is 10.0. The molecular weight excluding hydrogens is 138 g/mol. The van der Waals surface area contributed by atoms with Gasteiger partial charge >= 0.3 is 6.29 Å². The van der Waals surface area contributed by atoms with Crippen molar-refractivity contribution in [2.75, 3.05) is 0 Å². The molecule has 0 amide bonds. The Balaban J connectivity index is 2.70. The second kappa shape index (κ2) is 2.44. The predicted molar refractivity (Wildman–Crippen MR) is 32.0 cm³/mol. The molecule has 6 nitrogen and oxygen atoms in total. The second-order valence-electron chi connectivity index (χ2n) is 1.65. The van der Waals surface area contributed by atoms with Crippen LogP contribution in [0.25, 0.3) is 0 Å². The van der Waals surface area contributed by atoms with E-state index < -0.39 is 11.2 Å². The summed E-state index contributed by atoms with van der Waals surface area (Å²) in [5.41, 5.74) is 0. The Morgan fingerprint density at radius 3 is 2.90 bits per heavy atom. The first-order valence-corrected chi connectivity index (χ1v) is 2.52. The van der Waals surface area contributed by atoms with Crippen LogP contribution in [0.3, 0.4) is 0 Å². The van der Waals surface area contributed by atoms with Gasteiger partial charge in [-0.2, -0.15) is 10.1 Å². The minimum absolute atomic E-state index is 0.431. The fourth-order valence-electron chi connectivity index (χ4n) is 0.550. The number of hydroxylamine groups is 2. The topological polar surface area (TPSA) is 79.0 Å². The van der Waals surface area contributed by atoms with Gasteiger partial charge in [-0.15, -0.1) is 0 Å². The van der Waals surface area contributed by atoms with Crippen molar-refractivity contribution in [3.05, 3.63) is 22.4 Å². The molecule has 0 radical (unpaired) electrons. The smallest absolute Gasteiger partial charge is 0.282 e. The Morgan fingerprint density at radius 1 is 1.80 bits per heavy atom. The molecule has 1 atom stereocenters. The molecule has 0 aliphatic carbocycles. The van der Waals surface area contributed by atoms with Crippen LogP contribution in [0.1, 0.15) is 0 Å². The molecule has 0 aromatic rings. The molecule has 0 saturated heterocycles. The van der Waals surface area contributed by atoms with Crippen LogP contribution < -0.4 is 0 Å². The lowest BCUT2D eigenvalue weighted by atomic mass is 10.6. The lowest BCUT2D eigenvalue weighted by molar-refractivity contribution is -0.565. The number of hydrogen-bond acceptors (Lipinski definition) is 5. The molecule has 0 saturated carbocycles. The van der Waals surface area contributed by atoms with Crippen molar-refractivity contribution in [2.24, 2.45) is 4.99 Å². The summed E-state index contributed by atoms with van der Waals surface area (Å²) < 4.78 is 0. The van der Waals surface area contributed by atoms with Gasteiger partial charge in [-0.1, -0.05) is 0 Å². The number of allylic oxidation sites excluding steroid dienone is 1. The summed E-state index contributed by atoms with van der Waals surface area (Å²) in [7, 11) is 0. The summed E-state index contributed by atoms with van der Waals surface area (Å²) in [6, 6.07) is 0. The number of nitrogens with zero attached hydrogens (tertiary/aromatic N) is 3. The van der Waals surface area contributed by atoms with Gasteiger partial charge in [-0.25, -0.2) is 0 Å². The zero-order valence-corrected chi connectivity index (χ0v) is 4.91. The van der Waals surface area contributed by atoms with Crippen LogP contribution in [0, 0.1) is 10.1 Å². The van der Waals surface area contributed by atoms with Crippen molar-refractivity contribution in [1.29, 1.82) is 0 Å². The van der Waals surface area contributed by atoms with Gasteiger partial charge in [0.2, 0.25) is 0 Å². The average Bonchev–Trinajstić information content (AvgIpc) is 1.88. The van der Waals surface area contributed by atoms with Crippen molar-refractivity contribution in [3.63, 3.8) is 0 Å². The maximum absolute atomic E-state index is 10.0. The minimum Gasteiger partial charge on any atom is -0.282 e. The molecule has 0 fully saturated rings. The largest absolute Gasteiger partial charge is 0.406 e. The van der Waals surface area contributed by atoms with Gasteiger partial charge in [-0.05, 0) is 6.08 Å². The molecule has 0 aromatic heterocycles. The molecule has 1 unspecified atom stereocenters. The SMILES string of the molecule is O=[N+]([O-])C1N=CC=CN1O. The van der Waals surface area contributed by atoms with Crippen LogP contribution in [0.5, 0.6) is 0 Å². The minimum atomic E-state index is -1.38. The van der Waals surface area contributed by atoms with Gasteiger partial charge in [-0.3, -0.25) is 15.3 Å². The van der Waals surface area contributed by atoms with Crippen molar-refractivity contribution in [1.82, 2.24) is 5.06 Å². The van der Waals surface area contributed by atoms with Crippen molar-refractivity contribution in [2.45, 2.75) is 6.29 Å². The Morgan fingerprint density at radius 2 is 2.50 bits per heavy atom. The third-order valence-electron chi connectivity index (χ3n) is 0.969. The molecule has 1 aliphatic rings.